The average Bonchev–Trinajstić information content (AvgIpc) is 3.35. The van der Waals surface area contributed by atoms with E-state index in [9.17, 15) is 23.1 Å². The molecule has 11 heteroatoms. The lowest BCUT2D eigenvalue weighted by Gasteiger charge is -2.39. The number of amides is 1. The first-order chi connectivity index (χ1) is 16.6. The third kappa shape index (κ3) is 5.61. The molecule has 2 aromatic carbocycles. The number of carbonyl (C=O) groups is 1. The molecule has 2 heterocycles. The maximum absolute atomic E-state index is 15.0. The van der Waals surface area contributed by atoms with Crippen LogP contribution in [0.5, 0.6) is 0 Å². The van der Waals surface area contributed by atoms with Crippen molar-refractivity contribution in [3.05, 3.63) is 65.8 Å². The fourth-order valence-electron chi connectivity index (χ4n) is 4.17. The molecule has 0 radical (unpaired) electrons. The number of halogens is 4. The summed E-state index contributed by atoms with van der Waals surface area (Å²) in [4.78, 5) is 15.0. The van der Waals surface area contributed by atoms with Gasteiger partial charge in [-0.3, -0.25) is 4.79 Å². The number of hydrogen-bond acceptors (Lipinski definition) is 6. The van der Waals surface area contributed by atoms with Crippen LogP contribution < -0.4 is 4.90 Å². The Balaban J connectivity index is 1.55. The number of rotatable bonds is 6. The number of aromatic nitrogens is 2. The number of benzene rings is 2. The normalized spacial score (nSPS) is 15.8. The molecule has 3 aromatic rings. The summed E-state index contributed by atoms with van der Waals surface area (Å²) in [5, 5.41) is 17.6. The smallest absolute Gasteiger partial charge is 0.413 e. The van der Waals surface area contributed by atoms with E-state index in [2.05, 4.69) is 14.6 Å². The van der Waals surface area contributed by atoms with Gasteiger partial charge in [0.1, 0.15) is 12.0 Å². The Morgan fingerprint density at radius 1 is 1.17 bits per heavy atom. The highest BCUT2D eigenvalue weighted by atomic mass is 19.4. The molecule has 0 spiro atoms. The Kier molecular flexibility index (Phi) is 7.06. The molecule has 1 unspecified atom stereocenters. The minimum atomic E-state index is -4.80. The molecule has 1 fully saturated rings. The van der Waals surface area contributed by atoms with Gasteiger partial charge in [0.25, 0.3) is 0 Å². The first-order valence-electron chi connectivity index (χ1n) is 11.1. The molecular weight excluding hydrogens is 468 g/mol. The summed E-state index contributed by atoms with van der Waals surface area (Å²) in [6.07, 6.45) is -4.53. The van der Waals surface area contributed by atoms with Crippen LogP contribution in [0.3, 0.4) is 0 Å². The van der Waals surface area contributed by atoms with E-state index < -0.39 is 30.0 Å². The van der Waals surface area contributed by atoms with Crippen LogP contribution in [0.4, 0.5) is 23.2 Å². The summed E-state index contributed by atoms with van der Waals surface area (Å²) in [5.41, 5.74) is 0.926. The predicted octanol–water partition coefficient (Wildman–Crippen LogP) is 4.48. The third-order valence-corrected chi connectivity index (χ3v) is 6.12. The van der Waals surface area contributed by atoms with Gasteiger partial charge >= 0.3 is 12.1 Å². The third-order valence-electron chi connectivity index (χ3n) is 6.12. The van der Waals surface area contributed by atoms with Gasteiger partial charge in [0, 0.05) is 49.3 Å². The molecule has 186 valence electrons. The van der Waals surface area contributed by atoms with E-state index in [1.807, 2.05) is 6.07 Å². The van der Waals surface area contributed by atoms with Crippen LogP contribution in [0.1, 0.15) is 31.2 Å². The lowest BCUT2D eigenvalue weighted by Crippen LogP contribution is -2.46. The van der Waals surface area contributed by atoms with Crippen LogP contribution >= 0.6 is 0 Å². The van der Waals surface area contributed by atoms with E-state index in [1.54, 1.807) is 34.1 Å². The first kappa shape index (κ1) is 24.6. The molecule has 1 atom stereocenters. The lowest BCUT2D eigenvalue weighted by atomic mass is 9.93. The summed E-state index contributed by atoms with van der Waals surface area (Å²) >= 11 is 0. The zero-order valence-electron chi connectivity index (χ0n) is 18.9. The maximum atomic E-state index is 15.0. The summed E-state index contributed by atoms with van der Waals surface area (Å²) in [6.45, 7) is 2.60. The van der Waals surface area contributed by atoms with Crippen LogP contribution in [-0.4, -0.2) is 45.4 Å². The summed E-state index contributed by atoms with van der Waals surface area (Å²) < 4.78 is 57.9. The Bertz CT molecular complexity index is 1160. The van der Waals surface area contributed by atoms with E-state index in [1.165, 1.54) is 19.1 Å². The number of aliphatic hydroxyl groups is 1. The van der Waals surface area contributed by atoms with Crippen LogP contribution in [0.25, 0.3) is 11.5 Å². The van der Waals surface area contributed by atoms with Crippen molar-refractivity contribution < 1.29 is 31.9 Å². The van der Waals surface area contributed by atoms with E-state index in [4.69, 9.17) is 0 Å². The van der Waals surface area contributed by atoms with Gasteiger partial charge < -0.3 is 19.3 Å². The number of para-hydroxylation sites is 1. The van der Waals surface area contributed by atoms with Gasteiger partial charge in [0.15, 0.2) is 0 Å². The lowest BCUT2D eigenvalue weighted by molar-refractivity contribution is -0.157. The second-order valence-corrected chi connectivity index (χ2v) is 8.44. The molecule has 1 aromatic heterocycles. The summed E-state index contributed by atoms with van der Waals surface area (Å²) in [7, 11) is 0. The molecule has 1 aliphatic heterocycles. The predicted molar refractivity (Wildman–Crippen MR) is 118 cm³/mol. The largest absolute Gasteiger partial charge is 0.470 e. The fourth-order valence-corrected chi connectivity index (χ4v) is 4.17. The number of anilines is 1. The highest BCUT2D eigenvalue weighted by molar-refractivity contribution is 5.73. The molecule has 1 amide bonds. The molecule has 1 aliphatic rings. The molecule has 1 saturated heterocycles. The van der Waals surface area contributed by atoms with Crippen molar-refractivity contribution in [1.82, 2.24) is 15.1 Å². The van der Waals surface area contributed by atoms with E-state index in [0.717, 1.165) is 6.07 Å². The number of nitrogens with zero attached hydrogens (tertiary/aromatic N) is 4. The Morgan fingerprint density at radius 3 is 2.43 bits per heavy atom. The molecule has 4 rings (SSSR count). The van der Waals surface area contributed by atoms with Gasteiger partial charge in [-0.25, -0.2) is 4.39 Å². The molecule has 35 heavy (non-hydrogen) atoms. The molecular formula is C24H24F4N4O3. The van der Waals surface area contributed by atoms with Crippen LogP contribution in [0.2, 0.25) is 0 Å². The Labute approximate surface area is 199 Å². The zero-order chi connectivity index (χ0) is 25.2. The minimum Gasteiger partial charge on any atom is -0.413 e. The molecule has 7 nitrogen and oxygen atoms in total. The number of alkyl halides is 3. The van der Waals surface area contributed by atoms with Crippen molar-refractivity contribution in [3.63, 3.8) is 0 Å². The number of aliphatic hydroxyl groups excluding tert-OH is 1. The Hall–Kier alpha value is -3.47. The minimum absolute atomic E-state index is 0.0105. The highest BCUT2D eigenvalue weighted by Crippen LogP contribution is 2.32. The van der Waals surface area contributed by atoms with Gasteiger partial charge in [0.2, 0.25) is 11.8 Å². The monoisotopic (exact) mass is 492 g/mol. The average molecular weight is 492 g/mol. The summed E-state index contributed by atoms with van der Waals surface area (Å²) in [6, 6.07) is 12.9. The van der Waals surface area contributed by atoms with Gasteiger partial charge in [-0.05, 0) is 37.1 Å². The number of likely N-dealkylation sites (tertiary alicyclic amines) is 1. The number of piperidine rings is 1. The maximum Gasteiger partial charge on any atom is 0.470 e. The molecule has 1 N–H and O–H groups in total. The van der Waals surface area contributed by atoms with E-state index in [-0.39, 0.29) is 29.5 Å². The molecule has 0 bridgehead atoms. The fraction of sp³-hybridized carbons (Fsp3) is 0.375. The highest BCUT2D eigenvalue weighted by Gasteiger charge is 2.38. The molecule has 0 aliphatic carbocycles. The summed E-state index contributed by atoms with van der Waals surface area (Å²) in [5.74, 6) is -2.78. The zero-order valence-corrected chi connectivity index (χ0v) is 18.9. The van der Waals surface area contributed by atoms with Crippen molar-refractivity contribution in [2.75, 3.05) is 18.0 Å². The van der Waals surface area contributed by atoms with Crippen molar-refractivity contribution in [3.8, 4) is 11.5 Å². The topological polar surface area (TPSA) is 82.7 Å². The first-order valence-corrected chi connectivity index (χ1v) is 11.1. The number of hydrogen-bond donors (Lipinski definition) is 1. The van der Waals surface area contributed by atoms with E-state index >= 15 is 4.39 Å². The molecule has 0 saturated carbocycles. The Morgan fingerprint density at radius 2 is 1.86 bits per heavy atom. The van der Waals surface area contributed by atoms with Gasteiger partial charge in [-0.1, -0.05) is 24.3 Å². The van der Waals surface area contributed by atoms with Crippen molar-refractivity contribution in [2.24, 2.45) is 5.92 Å². The van der Waals surface area contributed by atoms with Gasteiger partial charge in [0.05, 0.1) is 0 Å². The van der Waals surface area contributed by atoms with Crippen LogP contribution in [0.15, 0.2) is 52.9 Å². The second-order valence-electron chi connectivity index (χ2n) is 8.44. The number of carbonyl (C=O) groups excluding carboxylic acids is 1. The standard InChI is InChI=1S/C24H24F4N4O3/c1-15(33)31-11-9-16(10-12-31)22(34)32(19-5-3-2-4-6-19)14-18-8-7-17(13-20(18)25)21-29-30-23(35-21)24(26,27)28/h2-8,13,16,22,34H,9-12,14H2,1H3. The van der Waals surface area contributed by atoms with Gasteiger partial charge in [-0.2, -0.15) is 13.2 Å². The van der Waals surface area contributed by atoms with Gasteiger partial charge in [-0.15, -0.1) is 10.2 Å². The van der Waals surface area contributed by atoms with E-state index in [0.29, 0.717) is 31.6 Å². The quantitative estimate of drug-likeness (QED) is 0.404. The second kappa shape index (κ2) is 10.0. The van der Waals surface area contributed by atoms with Crippen molar-refractivity contribution >= 4 is 11.6 Å². The van der Waals surface area contributed by atoms with Crippen LogP contribution in [-0.2, 0) is 17.5 Å². The van der Waals surface area contributed by atoms with Crippen molar-refractivity contribution in [2.45, 2.75) is 38.7 Å². The van der Waals surface area contributed by atoms with Crippen molar-refractivity contribution in [1.29, 1.82) is 0 Å². The SMILES string of the molecule is CC(=O)N1CCC(C(O)N(Cc2ccc(-c3nnc(C(F)(F)F)o3)cc2F)c2ccccc2)CC1. The van der Waals surface area contributed by atoms with Crippen LogP contribution in [0, 0.1) is 11.7 Å².